The van der Waals surface area contributed by atoms with Crippen molar-refractivity contribution < 1.29 is 27.7 Å². The van der Waals surface area contributed by atoms with Gasteiger partial charge in [-0.05, 0) is 30.3 Å². The maximum Gasteiger partial charge on any atom is 0.279 e. The summed E-state index contributed by atoms with van der Waals surface area (Å²) in [5.41, 5.74) is 0.449. The van der Waals surface area contributed by atoms with Crippen molar-refractivity contribution in [2.24, 2.45) is 0 Å². The Balaban J connectivity index is 1.82. The van der Waals surface area contributed by atoms with Gasteiger partial charge in [0.1, 0.15) is 5.82 Å². The van der Waals surface area contributed by atoms with E-state index in [9.17, 15) is 22.8 Å². The van der Waals surface area contributed by atoms with Crippen LogP contribution in [0.15, 0.2) is 42.5 Å². The minimum absolute atomic E-state index is 0.0261. The molecular weight excluding hydrogens is 335 g/mol. The van der Waals surface area contributed by atoms with Gasteiger partial charge >= 0.3 is 0 Å². The fraction of sp³-hybridized carbons (Fsp3) is 0.176. The van der Waals surface area contributed by atoms with Crippen LogP contribution >= 0.6 is 0 Å². The van der Waals surface area contributed by atoms with Crippen LogP contribution in [-0.2, 0) is 9.59 Å². The quantitative estimate of drug-likeness (QED) is 0.732. The van der Waals surface area contributed by atoms with Crippen molar-refractivity contribution in [2.45, 2.75) is 0 Å². The highest BCUT2D eigenvalue weighted by Crippen LogP contribution is 2.12. The number of quaternary nitrogens is 1. The summed E-state index contributed by atoms with van der Waals surface area (Å²) < 4.78 is 39.0. The van der Waals surface area contributed by atoms with E-state index in [0.29, 0.717) is 10.6 Å². The number of amides is 2. The SMILES string of the molecule is C[NH+](CC(=O)Nc1cccc(F)c1)CC(=O)Nc1ccc(F)c(F)c1. The van der Waals surface area contributed by atoms with Crippen LogP contribution in [0.3, 0.4) is 0 Å². The minimum Gasteiger partial charge on any atom is -0.322 e. The summed E-state index contributed by atoms with van der Waals surface area (Å²) in [7, 11) is 1.62. The molecule has 0 saturated carbocycles. The van der Waals surface area contributed by atoms with Crippen LogP contribution in [0.2, 0.25) is 0 Å². The number of hydrogen-bond acceptors (Lipinski definition) is 2. The van der Waals surface area contributed by atoms with Crippen molar-refractivity contribution in [3.8, 4) is 0 Å². The van der Waals surface area contributed by atoms with Gasteiger partial charge in [0, 0.05) is 17.4 Å². The minimum atomic E-state index is -1.06. The average molecular weight is 352 g/mol. The van der Waals surface area contributed by atoms with Crippen molar-refractivity contribution in [3.63, 3.8) is 0 Å². The molecule has 2 aromatic carbocycles. The molecule has 0 aliphatic heterocycles. The van der Waals surface area contributed by atoms with E-state index in [2.05, 4.69) is 10.6 Å². The Bertz CT molecular complexity index is 783. The Kier molecular flexibility index (Phi) is 6.13. The van der Waals surface area contributed by atoms with Gasteiger partial charge in [-0.15, -0.1) is 0 Å². The first-order valence-electron chi connectivity index (χ1n) is 7.45. The van der Waals surface area contributed by atoms with E-state index in [1.54, 1.807) is 13.1 Å². The Labute approximate surface area is 142 Å². The van der Waals surface area contributed by atoms with Crippen molar-refractivity contribution >= 4 is 23.2 Å². The standard InChI is InChI=1S/C17H16F3N3O2/c1-23(9-16(24)21-12-4-2-3-11(18)7-12)10-17(25)22-13-5-6-14(19)15(20)8-13/h2-8H,9-10H2,1H3,(H,21,24)(H,22,25)/p+1. The molecule has 0 aromatic heterocycles. The zero-order valence-electron chi connectivity index (χ0n) is 13.4. The number of hydrogen-bond donors (Lipinski definition) is 3. The van der Waals surface area contributed by atoms with Gasteiger partial charge in [-0.25, -0.2) is 13.2 Å². The zero-order valence-corrected chi connectivity index (χ0v) is 13.4. The third-order valence-electron chi connectivity index (χ3n) is 3.24. The summed E-state index contributed by atoms with van der Waals surface area (Å²) in [6.45, 7) is -0.0860. The van der Waals surface area contributed by atoms with E-state index in [1.807, 2.05) is 0 Å². The Morgan fingerprint density at radius 2 is 1.48 bits per heavy atom. The first-order chi connectivity index (χ1) is 11.8. The van der Waals surface area contributed by atoms with Crippen LogP contribution in [0.4, 0.5) is 24.5 Å². The molecule has 8 heteroatoms. The molecule has 0 aliphatic carbocycles. The second kappa shape index (κ2) is 8.29. The Hall–Kier alpha value is -2.87. The molecule has 1 atom stereocenters. The van der Waals surface area contributed by atoms with Crippen molar-refractivity contribution in [1.82, 2.24) is 0 Å². The van der Waals surface area contributed by atoms with Gasteiger partial charge < -0.3 is 15.5 Å². The molecule has 0 spiro atoms. The van der Waals surface area contributed by atoms with Crippen LogP contribution in [0.1, 0.15) is 0 Å². The summed E-state index contributed by atoms with van der Waals surface area (Å²) in [6, 6.07) is 8.48. The average Bonchev–Trinajstić information content (AvgIpc) is 2.50. The molecule has 0 fully saturated rings. The molecule has 132 valence electrons. The van der Waals surface area contributed by atoms with Gasteiger partial charge in [0.15, 0.2) is 24.7 Å². The number of anilines is 2. The van der Waals surface area contributed by atoms with E-state index in [0.717, 1.165) is 12.1 Å². The monoisotopic (exact) mass is 352 g/mol. The largest absolute Gasteiger partial charge is 0.322 e. The molecular formula is C17H17F3N3O2+. The lowest BCUT2D eigenvalue weighted by atomic mass is 10.3. The summed E-state index contributed by atoms with van der Waals surface area (Å²) in [6.07, 6.45) is 0. The van der Waals surface area contributed by atoms with Crippen LogP contribution < -0.4 is 15.5 Å². The lowest BCUT2D eigenvalue weighted by Crippen LogP contribution is -3.11. The molecule has 25 heavy (non-hydrogen) atoms. The second-order valence-corrected chi connectivity index (χ2v) is 5.55. The molecule has 5 nitrogen and oxygen atoms in total. The number of carbonyl (C=O) groups excluding carboxylic acids is 2. The summed E-state index contributed by atoms with van der Waals surface area (Å²) in [5.74, 6) is -3.38. The third-order valence-corrected chi connectivity index (χ3v) is 3.24. The van der Waals surface area contributed by atoms with E-state index in [1.165, 1.54) is 24.3 Å². The van der Waals surface area contributed by atoms with Gasteiger partial charge in [-0.2, -0.15) is 0 Å². The van der Waals surface area contributed by atoms with Crippen LogP contribution in [0.5, 0.6) is 0 Å². The number of benzene rings is 2. The first-order valence-corrected chi connectivity index (χ1v) is 7.45. The number of rotatable bonds is 6. The van der Waals surface area contributed by atoms with Crippen LogP contribution in [0.25, 0.3) is 0 Å². The van der Waals surface area contributed by atoms with E-state index in [4.69, 9.17) is 0 Å². The van der Waals surface area contributed by atoms with E-state index in [-0.39, 0.29) is 24.7 Å². The molecule has 0 radical (unpaired) electrons. The summed E-state index contributed by atoms with van der Waals surface area (Å²) in [4.78, 5) is 24.3. The fourth-order valence-corrected chi connectivity index (χ4v) is 2.16. The maximum absolute atomic E-state index is 13.1. The highest BCUT2D eigenvalue weighted by Gasteiger charge is 2.15. The smallest absolute Gasteiger partial charge is 0.279 e. The van der Waals surface area contributed by atoms with E-state index < -0.39 is 23.4 Å². The van der Waals surface area contributed by atoms with Gasteiger partial charge in [0.2, 0.25) is 0 Å². The van der Waals surface area contributed by atoms with E-state index >= 15 is 0 Å². The molecule has 0 saturated heterocycles. The topological polar surface area (TPSA) is 62.6 Å². The lowest BCUT2D eigenvalue weighted by molar-refractivity contribution is -0.862. The number of nitrogens with one attached hydrogen (secondary N) is 3. The Morgan fingerprint density at radius 1 is 0.880 bits per heavy atom. The molecule has 3 N–H and O–H groups in total. The highest BCUT2D eigenvalue weighted by atomic mass is 19.2. The van der Waals surface area contributed by atoms with Crippen molar-refractivity contribution in [1.29, 1.82) is 0 Å². The van der Waals surface area contributed by atoms with Crippen LogP contribution in [-0.4, -0.2) is 32.0 Å². The molecule has 2 aromatic rings. The molecule has 2 amide bonds. The fourth-order valence-electron chi connectivity index (χ4n) is 2.16. The second-order valence-electron chi connectivity index (χ2n) is 5.55. The number of likely N-dealkylation sites (N-methyl/N-ethyl adjacent to an activating group) is 1. The van der Waals surface area contributed by atoms with Gasteiger partial charge in [0.05, 0.1) is 7.05 Å². The van der Waals surface area contributed by atoms with Gasteiger partial charge in [-0.3, -0.25) is 9.59 Å². The van der Waals surface area contributed by atoms with Crippen molar-refractivity contribution in [3.05, 3.63) is 59.9 Å². The summed E-state index contributed by atoms with van der Waals surface area (Å²) >= 11 is 0. The first kappa shape index (κ1) is 18.5. The highest BCUT2D eigenvalue weighted by molar-refractivity contribution is 5.93. The zero-order chi connectivity index (χ0) is 18.4. The third kappa shape index (κ3) is 5.92. The normalized spacial score (nSPS) is 11.7. The Morgan fingerprint density at radius 3 is 2.04 bits per heavy atom. The van der Waals surface area contributed by atoms with Crippen LogP contribution in [0, 0.1) is 17.5 Å². The van der Waals surface area contributed by atoms with Gasteiger partial charge in [-0.1, -0.05) is 6.07 Å². The molecule has 0 bridgehead atoms. The molecule has 0 aliphatic rings. The lowest BCUT2D eigenvalue weighted by Gasteiger charge is -2.14. The van der Waals surface area contributed by atoms with Gasteiger partial charge in [0.25, 0.3) is 11.8 Å². The molecule has 0 heterocycles. The predicted molar refractivity (Wildman–Crippen MR) is 86.6 cm³/mol. The molecule has 2 rings (SSSR count). The maximum atomic E-state index is 13.1. The summed E-state index contributed by atoms with van der Waals surface area (Å²) in [5, 5.41) is 4.95. The number of halogens is 3. The predicted octanol–water partition coefficient (Wildman–Crippen LogP) is 1.20. The van der Waals surface area contributed by atoms with Crippen molar-refractivity contribution in [2.75, 3.05) is 30.8 Å². The molecule has 1 unspecified atom stereocenters. The number of carbonyl (C=O) groups is 2.